The van der Waals surface area contributed by atoms with E-state index in [9.17, 15) is 22.4 Å². The predicted octanol–water partition coefficient (Wildman–Crippen LogP) is 6.98. The highest BCUT2D eigenvalue weighted by Crippen LogP contribution is 2.28. The van der Waals surface area contributed by atoms with Crippen LogP contribution in [-0.2, 0) is 13.2 Å². The van der Waals surface area contributed by atoms with Crippen LogP contribution >= 0.6 is 39.1 Å². The van der Waals surface area contributed by atoms with E-state index in [4.69, 9.17) is 32.4 Å². The SMILES string of the molecule is O=C(Nc1nn(Cc2ccc(Cl)cc2Cl)cc1Br)c1ccc(COc2c(F)c(F)cc(F)c2F)o1. The van der Waals surface area contributed by atoms with Gasteiger partial charge in [-0.3, -0.25) is 9.48 Å². The molecule has 0 atom stereocenters. The van der Waals surface area contributed by atoms with Crippen LogP contribution in [0.15, 0.2) is 51.5 Å². The minimum Gasteiger partial charge on any atom is -0.479 e. The van der Waals surface area contributed by atoms with Gasteiger partial charge in [0.2, 0.25) is 11.6 Å². The Bertz CT molecular complexity index is 1400. The molecule has 6 nitrogen and oxygen atoms in total. The van der Waals surface area contributed by atoms with Crippen molar-refractivity contribution in [3.63, 3.8) is 0 Å². The van der Waals surface area contributed by atoms with Gasteiger partial charge in [-0.1, -0.05) is 29.3 Å². The molecule has 0 saturated carbocycles. The molecule has 4 rings (SSSR count). The fraction of sp³-hybridized carbons (Fsp3) is 0.0909. The predicted molar refractivity (Wildman–Crippen MR) is 123 cm³/mol. The van der Waals surface area contributed by atoms with Gasteiger partial charge in [-0.05, 0) is 45.8 Å². The number of aromatic nitrogens is 2. The molecule has 0 unspecified atom stereocenters. The third-order valence-electron chi connectivity index (χ3n) is 4.61. The summed E-state index contributed by atoms with van der Waals surface area (Å²) in [5.74, 6) is -8.52. The Labute approximate surface area is 213 Å². The standard InChI is InChI=1S/C22H12BrCl2F4N3O3/c23-13-8-32(7-10-1-2-11(24)5-14(10)25)31-21(13)30-22(33)17-4-3-12(35-17)9-34-20-18(28)15(26)6-16(27)19(20)29/h1-6,8H,7,9H2,(H,30,31,33). The molecule has 0 aliphatic carbocycles. The zero-order valence-corrected chi connectivity index (χ0v) is 20.3. The Hall–Kier alpha value is -3.02. The minimum absolute atomic E-state index is 0.0272. The van der Waals surface area contributed by atoms with E-state index in [2.05, 4.69) is 26.3 Å². The Morgan fingerprint density at radius 2 is 1.80 bits per heavy atom. The van der Waals surface area contributed by atoms with Gasteiger partial charge in [0, 0.05) is 22.3 Å². The lowest BCUT2D eigenvalue weighted by Gasteiger charge is -2.08. The molecular weight excluding hydrogens is 581 g/mol. The quantitative estimate of drug-likeness (QED) is 0.186. The van der Waals surface area contributed by atoms with E-state index in [1.807, 2.05) is 0 Å². The number of nitrogens with one attached hydrogen (secondary N) is 1. The molecule has 0 bridgehead atoms. The first-order valence-electron chi connectivity index (χ1n) is 9.65. The fourth-order valence-electron chi connectivity index (χ4n) is 2.96. The van der Waals surface area contributed by atoms with Crippen LogP contribution in [0.25, 0.3) is 0 Å². The third-order valence-corrected chi connectivity index (χ3v) is 5.78. The summed E-state index contributed by atoms with van der Waals surface area (Å²) >= 11 is 15.4. The molecular formula is C22H12BrCl2F4N3O3. The molecule has 2 heterocycles. The van der Waals surface area contributed by atoms with E-state index in [1.165, 1.54) is 16.8 Å². The van der Waals surface area contributed by atoms with E-state index in [0.29, 0.717) is 21.1 Å². The molecule has 0 fully saturated rings. The zero-order chi connectivity index (χ0) is 25.3. The Morgan fingerprint density at radius 3 is 2.49 bits per heavy atom. The van der Waals surface area contributed by atoms with Crippen LogP contribution in [0.4, 0.5) is 23.4 Å². The van der Waals surface area contributed by atoms with Gasteiger partial charge >= 0.3 is 0 Å². The minimum atomic E-state index is -1.69. The first-order chi connectivity index (χ1) is 16.6. The van der Waals surface area contributed by atoms with Crippen molar-refractivity contribution in [2.24, 2.45) is 0 Å². The van der Waals surface area contributed by atoms with Gasteiger partial charge in [0.1, 0.15) is 12.4 Å². The van der Waals surface area contributed by atoms with Gasteiger partial charge in [0.15, 0.2) is 29.0 Å². The van der Waals surface area contributed by atoms with Crippen molar-refractivity contribution in [2.75, 3.05) is 5.32 Å². The number of halogens is 7. The number of rotatable bonds is 7. The lowest BCUT2D eigenvalue weighted by Crippen LogP contribution is -2.12. The Kier molecular flexibility index (Phi) is 7.39. The number of hydrogen-bond donors (Lipinski definition) is 1. The molecule has 182 valence electrons. The van der Waals surface area contributed by atoms with Crippen LogP contribution in [-0.4, -0.2) is 15.7 Å². The van der Waals surface area contributed by atoms with E-state index >= 15 is 0 Å². The van der Waals surface area contributed by atoms with Crippen LogP contribution in [0.5, 0.6) is 5.75 Å². The fourth-order valence-corrected chi connectivity index (χ4v) is 3.84. The number of carbonyl (C=O) groups excluding carboxylic acids is 1. The average molecular weight is 593 g/mol. The second kappa shape index (κ2) is 10.3. The number of hydrogen-bond acceptors (Lipinski definition) is 4. The van der Waals surface area contributed by atoms with E-state index < -0.39 is 41.5 Å². The van der Waals surface area contributed by atoms with Crippen molar-refractivity contribution in [1.82, 2.24) is 9.78 Å². The summed E-state index contributed by atoms with van der Waals surface area (Å²) in [5, 5.41) is 7.78. The normalized spacial score (nSPS) is 11.1. The number of ether oxygens (including phenoxy) is 1. The molecule has 1 N–H and O–H groups in total. The first-order valence-corrected chi connectivity index (χ1v) is 11.2. The van der Waals surface area contributed by atoms with Crippen LogP contribution in [0, 0.1) is 23.3 Å². The van der Waals surface area contributed by atoms with E-state index in [0.717, 1.165) is 5.56 Å². The van der Waals surface area contributed by atoms with Gasteiger partial charge < -0.3 is 14.5 Å². The molecule has 2 aromatic carbocycles. The lowest BCUT2D eigenvalue weighted by molar-refractivity contribution is 0.0991. The second-order valence-electron chi connectivity index (χ2n) is 7.07. The maximum Gasteiger partial charge on any atom is 0.292 e. The van der Waals surface area contributed by atoms with Crippen molar-refractivity contribution in [2.45, 2.75) is 13.2 Å². The van der Waals surface area contributed by atoms with Crippen molar-refractivity contribution in [3.05, 3.63) is 97.5 Å². The molecule has 0 aliphatic rings. The zero-order valence-electron chi connectivity index (χ0n) is 17.2. The summed E-state index contributed by atoms with van der Waals surface area (Å²) in [6.07, 6.45) is 1.63. The number of anilines is 1. The number of furan rings is 1. The third kappa shape index (κ3) is 5.63. The molecule has 0 aliphatic heterocycles. The van der Waals surface area contributed by atoms with Crippen molar-refractivity contribution < 1.29 is 31.5 Å². The topological polar surface area (TPSA) is 69.3 Å². The molecule has 0 spiro atoms. The van der Waals surface area contributed by atoms with Crippen molar-refractivity contribution >= 4 is 50.9 Å². The summed E-state index contributed by atoms with van der Waals surface area (Å²) in [7, 11) is 0. The number of nitrogens with zero attached hydrogens (tertiary/aromatic N) is 2. The molecule has 1 amide bonds. The van der Waals surface area contributed by atoms with Gasteiger partial charge in [0.25, 0.3) is 5.91 Å². The van der Waals surface area contributed by atoms with Crippen LogP contribution < -0.4 is 10.1 Å². The summed E-state index contributed by atoms with van der Waals surface area (Å²) in [6, 6.07) is 7.69. The molecule has 0 saturated heterocycles. The number of amides is 1. The molecule has 13 heteroatoms. The van der Waals surface area contributed by atoms with Crippen LogP contribution in [0.1, 0.15) is 21.9 Å². The number of carbonyl (C=O) groups is 1. The number of benzene rings is 2. The van der Waals surface area contributed by atoms with Gasteiger partial charge in [0.05, 0.1) is 11.0 Å². The molecule has 35 heavy (non-hydrogen) atoms. The summed E-state index contributed by atoms with van der Waals surface area (Å²) in [5.41, 5.74) is 0.755. The first kappa shape index (κ1) is 25.1. The second-order valence-corrected chi connectivity index (χ2v) is 8.76. The van der Waals surface area contributed by atoms with Crippen molar-refractivity contribution in [3.8, 4) is 5.75 Å². The Balaban J connectivity index is 1.42. The highest BCUT2D eigenvalue weighted by molar-refractivity contribution is 9.10. The smallest absolute Gasteiger partial charge is 0.292 e. The largest absolute Gasteiger partial charge is 0.479 e. The van der Waals surface area contributed by atoms with Crippen molar-refractivity contribution in [1.29, 1.82) is 0 Å². The molecule has 2 aromatic heterocycles. The monoisotopic (exact) mass is 591 g/mol. The Morgan fingerprint density at radius 1 is 1.09 bits per heavy atom. The van der Waals surface area contributed by atoms with E-state index in [-0.39, 0.29) is 23.4 Å². The van der Waals surface area contributed by atoms with Gasteiger partial charge in [-0.25, -0.2) is 8.78 Å². The summed E-state index contributed by atoms with van der Waals surface area (Å²) in [6.45, 7) is -0.287. The van der Waals surface area contributed by atoms with Crippen LogP contribution in [0.3, 0.4) is 0 Å². The maximum atomic E-state index is 13.7. The average Bonchev–Trinajstić information content (AvgIpc) is 3.41. The molecule has 0 radical (unpaired) electrons. The van der Waals surface area contributed by atoms with Gasteiger partial charge in [-0.15, -0.1) is 0 Å². The summed E-state index contributed by atoms with van der Waals surface area (Å²) in [4.78, 5) is 12.5. The van der Waals surface area contributed by atoms with Gasteiger partial charge in [-0.2, -0.15) is 13.9 Å². The summed E-state index contributed by atoms with van der Waals surface area (Å²) < 4.78 is 66.1. The molecule has 4 aromatic rings. The highest BCUT2D eigenvalue weighted by Gasteiger charge is 2.22. The maximum absolute atomic E-state index is 13.7. The van der Waals surface area contributed by atoms with Crippen LogP contribution in [0.2, 0.25) is 10.0 Å². The highest BCUT2D eigenvalue weighted by atomic mass is 79.9. The lowest BCUT2D eigenvalue weighted by atomic mass is 10.2. The van der Waals surface area contributed by atoms with E-state index in [1.54, 1.807) is 24.4 Å².